The van der Waals surface area contributed by atoms with Crippen molar-refractivity contribution in [1.29, 1.82) is 0 Å². The molecule has 3 rings (SSSR count). The molecule has 1 aromatic heterocycles. The number of hydrazine groups is 1. The number of nitrogen functional groups attached to an aromatic ring is 1. The molecule has 1 unspecified atom stereocenters. The molecular formula is C20H18F2N4O2. The van der Waals surface area contributed by atoms with Gasteiger partial charge in [-0.2, -0.15) is 0 Å². The summed E-state index contributed by atoms with van der Waals surface area (Å²) in [4.78, 5) is 16.9. The van der Waals surface area contributed by atoms with Crippen LogP contribution < -0.4 is 16.2 Å². The molecule has 8 heteroatoms. The number of nitrogens with one attached hydrogen (secondary N) is 1. The zero-order valence-electron chi connectivity index (χ0n) is 14.7. The summed E-state index contributed by atoms with van der Waals surface area (Å²) in [6.45, 7) is -0.0662. The molecule has 28 heavy (non-hydrogen) atoms. The Morgan fingerprint density at radius 2 is 1.89 bits per heavy atom. The van der Waals surface area contributed by atoms with Crippen molar-refractivity contribution < 1.29 is 18.7 Å². The van der Waals surface area contributed by atoms with Crippen LogP contribution in [0, 0.1) is 11.6 Å². The van der Waals surface area contributed by atoms with Gasteiger partial charge < -0.3 is 10.0 Å². The Kier molecular flexibility index (Phi) is 5.93. The second-order valence-corrected chi connectivity index (χ2v) is 6.04. The summed E-state index contributed by atoms with van der Waals surface area (Å²) < 4.78 is 28.3. The Hall–Kier alpha value is -3.36. The Labute approximate surface area is 160 Å². The van der Waals surface area contributed by atoms with Gasteiger partial charge in [-0.3, -0.25) is 15.2 Å². The number of halogens is 2. The maximum absolute atomic E-state index is 14.6. The van der Waals surface area contributed by atoms with Gasteiger partial charge in [0.15, 0.2) is 6.23 Å². The standard InChI is InChI=1S/C20H18F2N4O2/c21-16-2-1-3-17(11-16)26(20(28)13-6-8-24-9-7-13)12-15-5-4-14(10-18(15)22)19(27)25-23/h1-11,20,28H,12,23H2,(H,25,27). The van der Waals surface area contributed by atoms with Crippen LogP contribution in [0.5, 0.6) is 0 Å². The van der Waals surface area contributed by atoms with Crippen LogP contribution in [0.15, 0.2) is 67.0 Å². The highest BCUT2D eigenvalue weighted by atomic mass is 19.1. The highest BCUT2D eigenvalue weighted by Gasteiger charge is 2.21. The molecule has 0 aliphatic heterocycles. The average molecular weight is 384 g/mol. The molecule has 1 atom stereocenters. The van der Waals surface area contributed by atoms with Crippen LogP contribution in [0.1, 0.15) is 27.7 Å². The number of carbonyl (C=O) groups is 1. The summed E-state index contributed by atoms with van der Waals surface area (Å²) in [5.74, 6) is 3.31. The van der Waals surface area contributed by atoms with Crippen LogP contribution in [0.2, 0.25) is 0 Å². The van der Waals surface area contributed by atoms with E-state index in [1.165, 1.54) is 47.6 Å². The number of amides is 1. The smallest absolute Gasteiger partial charge is 0.265 e. The Morgan fingerprint density at radius 3 is 2.54 bits per heavy atom. The van der Waals surface area contributed by atoms with E-state index in [1.54, 1.807) is 18.2 Å². The van der Waals surface area contributed by atoms with Gasteiger partial charge >= 0.3 is 0 Å². The number of nitrogens with two attached hydrogens (primary N) is 1. The van der Waals surface area contributed by atoms with Gasteiger partial charge in [0.25, 0.3) is 5.91 Å². The van der Waals surface area contributed by atoms with Gasteiger partial charge in [0, 0.05) is 41.3 Å². The van der Waals surface area contributed by atoms with Gasteiger partial charge in [0.2, 0.25) is 0 Å². The van der Waals surface area contributed by atoms with E-state index in [4.69, 9.17) is 5.84 Å². The number of hydrogen-bond acceptors (Lipinski definition) is 5. The summed E-state index contributed by atoms with van der Waals surface area (Å²) in [6, 6.07) is 12.8. The Balaban J connectivity index is 1.97. The molecule has 144 valence electrons. The van der Waals surface area contributed by atoms with E-state index in [2.05, 4.69) is 4.98 Å². The van der Waals surface area contributed by atoms with Crippen molar-refractivity contribution in [2.75, 3.05) is 4.90 Å². The number of nitrogens with zero attached hydrogens (tertiary/aromatic N) is 2. The number of carbonyl (C=O) groups excluding carboxylic acids is 1. The third kappa shape index (κ3) is 4.30. The molecule has 6 nitrogen and oxygen atoms in total. The van der Waals surface area contributed by atoms with E-state index in [0.29, 0.717) is 11.3 Å². The van der Waals surface area contributed by atoms with E-state index in [0.717, 1.165) is 6.07 Å². The monoisotopic (exact) mass is 384 g/mol. The fraction of sp³-hybridized carbons (Fsp3) is 0.100. The van der Waals surface area contributed by atoms with Crippen LogP contribution in [0.25, 0.3) is 0 Å². The highest BCUT2D eigenvalue weighted by molar-refractivity contribution is 5.93. The molecule has 0 radical (unpaired) electrons. The maximum Gasteiger partial charge on any atom is 0.265 e. The zero-order valence-corrected chi connectivity index (χ0v) is 14.7. The first-order chi connectivity index (χ1) is 13.5. The molecule has 1 amide bonds. The molecule has 1 heterocycles. The normalized spacial score (nSPS) is 11.7. The summed E-state index contributed by atoms with van der Waals surface area (Å²) in [5, 5.41) is 10.8. The third-order valence-corrected chi connectivity index (χ3v) is 4.23. The predicted octanol–water partition coefficient (Wildman–Crippen LogP) is 2.66. The predicted molar refractivity (Wildman–Crippen MR) is 99.8 cm³/mol. The molecule has 0 aliphatic carbocycles. The van der Waals surface area contributed by atoms with Crippen molar-refractivity contribution in [2.24, 2.45) is 5.84 Å². The first-order valence-corrected chi connectivity index (χ1v) is 8.39. The first-order valence-electron chi connectivity index (χ1n) is 8.39. The van der Waals surface area contributed by atoms with E-state index >= 15 is 0 Å². The summed E-state index contributed by atoms with van der Waals surface area (Å²) in [7, 11) is 0. The lowest BCUT2D eigenvalue weighted by molar-refractivity contribution is 0.0953. The van der Waals surface area contributed by atoms with Gasteiger partial charge in [-0.05, 0) is 42.5 Å². The fourth-order valence-electron chi connectivity index (χ4n) is 2.77. The van der Waals surface area contributed by atoms with Crippen molar-refractivity contribution in [1.82, 2.24) is 10.4 Å². The molecule has 0 bridgehead atoms. The molecule has 0 saturated carbocycles. The fourth-order valence-corrected chi connectivity index (χ4v) is 2.77. The minimum Gasteiger partial charge on any atom is -0.369 e. The molecule has 2 aromatic carbocycles. The molecule has 0 aliphatic rings. The van der Waals surface area contributed by atoms with Crippen molar-refractivity contribution >= 4 is 11.6 Å². The topological polar surface area (TPSA) is 91.5 Å². The van der Waals surface area contributed by atoms with E-state index in [1.807, 2.05) is 5.43 Å². The van der Waals surface area contributed by atoms with E-state index < -0.39 is 23.8 Å². The summed E-state index contributed by atoms with van der Waals surface area (Å²) in [5.41, 5.74) is 3.10. The number of rotatable bonds is 6. The van der Waals surface area contributed by atoms with Gasteiger partial charge in [0.05, 0.1) is 0 Å². The van der Waals surface area contributed by atoms with Gasteiger partial charge in [-0.1, -0.05) is 12.1 Å². The first kappa shape index (κ1) is 19.4. The van der Waals surface area contributed by atoms with Crippen LogP contribution >= 0.6 is 0 Å². The molecular weight excluding hydrogens is 366 g/mol. The SMILES string of the molecule is NNC(=O)c1ccc(CN(c2cccc(F)c2)C(O)c2ccncc2)c(F)c1. The summed E-state index contributed by atoms with van der Waals surface area (Å²) in [6.07, 6.45) is 1.86. The second-order valence-electron chi connectivity index (χ2n) is 6.04. The number of aliphatic hydroxyl groups excluding tert-OH is 1. The lowest BCUT2D eigenvalue weighted by atomic mass is 10.1. The van der Waals surface area contributed by atoms with Crippen molar-refractivity contribution in [3.05, 3.63) is 95.3 Å². The number of aromatic nitrogens is 1. The van der Waals surface area contributed by atoms with Crippen molar-refractivity contribution in [2.45, 2.75) is 12.8 Å². The van der Waals surface area contributed by atoms with Crippen LogP contribution in [0.3, 0.4) is 0 Å². The minimum atomic E-state index is -1.17. The maximum atomic E-state index is 14.6. The molecule has 0 saturated heterocycles. The Bertz CT molecular complexity index is 969. The molecule has 4 N–H and O–H groups in total. The van der Waals surface area contributed by atoms with Crippen molar-refractivity contribution in [3.63, 3.8) is 0 Å². The molecule has 3 aromatic rings. The van der Waals surface area contributed by atoms with E-state index in [-0.39, 0.29) is 17.7 Å². The highest BCUT2D eigenvalue weighted by Crippen LogP contribution is 2.28. The quantitative estimate of drug-likeness (QED) is 0.263. The van der Waals surface area contributed by atoms with Crippen LogP contribution in [-0.4, -0.2) is 16.0 Å². The zero-order chi connectivity index (χ0) is 20.1. The summed E-state index contributed by atoms with van der Waals surface area (Å²) >= 11 is 0. The lowest BCUT2D eigenvalue weighted by Gasteiger charge is -2.30. The Morgan fingerprint density at radius 1 is 1.14 bits per heavy atom. The number of hydrogen-bond donors (Lipinski definition) is 3. The number of pyridine rings is 1. The van der Waals surface area contributed by atoms with E-state index in [9.17, 15) is 18.7 Å². The second kappa shape index (κ2) is 8.55. The van der Waals surface area contributed by atoms with Gasteiger partial charge in [-0.25, -0.2) is 14.6 Å². The van der Waals surface area contributed by atoms with Crippen LogP contribution in [0.4, 0.5) is 14.5 Å². The third-order valence-electron chi connectivity index (χ3n) is 4.23. The number of anilines is 1. The molecule has 0 fully saturated rings. The minimum absolute atomic E-state index is 0.0655. The van der Waals surface area contributed by atoms with Gasteiger partial charge in [0.1, 0.15) is 11.6 Å². The van der Waals surface area contributed by atoms with Crippen molar-refractivity contribution in [3.8, 4) is 0 Å². The van der Waals surface area contributed by atoms with Crippen LogP contribution in [-0.2, 0) is 6.54 Å². The molecule has 0 spiro atoms. The number of aliphatic hydroxyl groups is 1. The van der Waals surface area contributed by atoms with Gasteiger partial charge in [-0.15, -0.1) is 0 Å². The lowest BCUT2D eigenvalue weighted by Crippen LogP contribution is -2.30. The average Bonchev–Trinajstić information content (AvgIpc) is 2.72. The number of benzene rings is 2. The largest absolute Gasteiger partial charge is 0.369 e.